The zero-order chi connectivity index (χ0) is 17.8. The average molecular weight is 337 g/mol. The summed E-state index contributed by atoms with van der Waals surface area (Å²) in [6.45, 7) is 2.51. The summed E-state index contributed by atoms with van der Waals surface area (Å²) >= 11 is 0. The van der Waals surface area contributed by atoms with Gasteiger partial charge in [-0.15, -0.1) is 0 Å². The molecule has 24 heavy (non-hydrogen) atoms. The highest BCUT2D eigenvalue weighted by Gasteiger charge is 2.11. The number of carboxylic acids is 1. The molecule has 0 atom stereocenters. The van der Waals surface area contributed by atoms with Crippen LogP contribution in [0.25, 0.3) is 0 Å². The van der Waals surface area contributed by atoms with E-state index >= 15 is 0 Å². The molecule has 1 aromatic carbocycles. The Morgan fingerprint density at radius 3 is 2.25 bits per heavy atom. The van der Waals surface area contributed by atoms with Crippen LogP contribution in [0.15, 0.2) is 18.2 Å². The van der Waals surface area contributed by atoms with Crippen LogP contribution < -0.4 is 10.5 Å². The fraction of sp³-hybridized carbons (Fsp3) is 0.556. The summed E-state index contributed by atoms with van der Waals surface area (Å²) in [5, 5.41) is 8.84. The molecule has 0 heterocycles. The third-order valence-corrected chi connectivity index (χ3v) is 3.67. The van der Waals surface area contributed by atoms with Gasteiger partial charge in [-0.2, -0.15) is 0 Å². The lowest BCUT2D eigenvalue weighted by Gasteiger charge is -2.08. The molecule has 6 heteroatoms. The van der Waals surface area contributed by atoms with Gasteiger partial charge in [-0.3, -0.25) is 0 Å². The van der Waals surface area contributed by atoms with Gasteiger partial charge in [-0.25, -0.2) is 9.59 Å². The molecule has 0 saturated heterocycles. The molecule has 0 amide bonds. The fourth-order valence-electron chi connectivity index (χ4n) is 2.29. The molecule has 3 N–H and O–H groups in total. The van der Waals surface area contributed by atoms with Gasteiger partial charge < -0.3 is 20.3 Å². The highest BCUT2D eigenvalue weighted by atomic mass is 16.7. The summed E-state index contributed by atoms with van der Waals surface area (Å²) in [5.41, 5.74) is 5.77. The Morgan fingerprint density at radius 2 is 1.67 bits per heavy atom. The van der Waals surface area contributed by atoms with Gasteiger partial charge in [0.2, 0.25) is 0 Å². The molecule has 1 rings (SSSR count). The van der Waals surface area contributed by atoms with Crippen molar-refractivity contribution in [1.29, 1.82) is 0 Å². The monoisotopic (exact) mass is 337 g/mol. The van der Waals surface area contributed by atoms with Crippen molar-refractivity contribution in [2.24, 2.45) is 0 Å². The Morgan fingerprint density at radius 1 is 1.04 bits per heavy atom. The van der Waals surface area contributed by atoms with Crippen LogP contribution in [0.1, 0.15) is 68.6 Å². The molecule has 0 unspecified atom stereocenters. The second kappa shape index (κ2) is 11.3. The Kier molecular flexibility index (Phi) is 9.34. The fourth-order valence-corrected chi connectivity index (χ4v) is 2.29. The Bertz CT molecular complexity index is 530. The van der Waals surface area contributed by atoms with E-state index < -0.39 is 12.1 Å². The lowest BCUT2D eigenvalue weighted by atomic mass is 10.1. The number of nitrogens with two attached hydrogens (primary N) is 1. The van der Waals surface area contributed by atoms with Gasteiger partial charge in [0.15, 0.2) is 5.75 Å². The van der Waals surface area contributed by atoms with Gasteiger partial charge in [-0.05, 0) is 24.6 Å². The van der Waals surface area contributed by atoms with Crippen LogP contribution in [0.2, 0.25) is 0 Å². The number of aromatic carboxylic acids is 1. The van der Waals surface area contributed by atoms with Crippen LogP contribution in [-0.4, -0.2) is 23.8 Å². The summed E-state index contributed by atoms with van der Waals surface area (Å²) in [5.74, 6) is -0.994. The number of ether oxygens (including phenoxy) is 2. The lowest BCUT2D eigenvalue weighted by Crippen LogP contribution is -2.12. The number of anilines is 1. The molecular formula is C18H27NO5. The summed E-state index contributed by atoms with van der Waals surface area (Å²) in [6.07, 6.45) is 8.47. The van der Waals surface area contributed by atoms with Crippen molar-refractivity contribution in [3.63, 3.8) is 0 Å². The van der Waals surface area contributed by atoms with E-state index in [1.807, 2.05) is 0 Å². The molecule has 0 aliphatic carbocycles. The van der Waals surface area contributed by atoms with Crippen molar-refractivity contribution in [3.8, 4) is 5.75 Å². The van der Waals surface area contributed by atoms with Gasteiger partial charge in [0.1, 0.15) is 0 Å². The van der Waals surface area contributed by atoms with Crippen LogP contribution in [0.5, 0.6) is 5.75 Å². The molecule has 6 nitrogen and oxygen atoms in total. The zero-order valence-electron chi connectivity index (χ0n) is 14.3. The Labute approximate surface area is 142 Å². The first kappa shape index (κ1) is 19.8. The second-order valence-electron chi connectivity index (χ2n) is 5.73. The maximum atomic E-state index is 11.6. The number of carbonyl (C=O) groups is 2. The number of carboxylic acid groups (broad SMARTS) is 1. The Hall–Kier alpha value is -2.24. The quantitative estimate of drug-likeness (QED) is 0.264. The third-order valence-electron chi connectivity index (χ3n) is 3.67. The molecule has 0 aliphatic rings. The smallest absolute Gasteiger partial charge is 0.478 e. The maximum absolute atomic E-state index is 11.6. The lowest BCUT2D eigenvalue weighted by molar-refractivity contribution is 0.0697. The highest BCUT2D eigenvalue weighted by molar-refractivity contribution is 5.89. The van der Waals surface area contributed by atoms with E-state index in [1.165, 1.54) is 50.3 Å². The van der Waals surface area contributed by atoms with E-state index in [2.05, 4.69) is 6.92 Å². The minimum absolute atomic E-state index is 0.0344. The summed E-state index contributed by atoms with van der Waals surface area (Å²) in [6, 6.07) is 3.90. The summed E-state index contributed by atoms with van der Waals surface area (Å²) in [7, 11) is 0. The summed E-state index contributed by atoms with van der Waals surface area (Å²) in [4.78, 5) is 22.4. The summed E-state index contributed by atoms with van der Waals surface area (Å²) < 4.78 is 9.96. The number of nitrogen functional groups attached to an aromatic ring is 1. The van der Waals surface area contributed by atoms with Gasteiger partial charge in [0.05, 0.1) is 17.9 Å². The second-order valence-corrected chi connectivity index (χ2v) is 5.73. The number of hydrogen-bond acceptors (Lipinski definition) is 5. The van der Waals surface area contributed by atoms with Crippen molar-refractivity contribution in [1.82, 2.24) is 0 Å². The van der Waals surface area contributed by atoms with Crippen molar-refractivity contribution >= 4 is 17.8 Å². The number of benzene rings is 1. The first-order valence-electron chi connectivity index (χ1n) is 8.52. The highest BCUT2D eigenvalue weighted by Crippen LogP contribution is 2.23. The van der Waals surface area contributed by atoms with Crippen LogP contribution in [0, 0.1) is 0 Å². The minimum atomic E-state index is -1.09. The molecular weight excluding hydrogens is 310 g/mol. The van der Waals surface area contributed by atoms with E-state index in [9.17, 15) is 9.59 Å². The Balaban J connectivity index is 2.17. The average Bonchev–Trinajstić information content (AvgIpc) is 2.55. The first-order valence-corrected chi connectivity index (χ1v) is 8.52. The standard InChI is InChI=1S/C18H27NO5/c1-2-3-4-5-6-7-8-9-12-23-18(22)24-16-11-10-14(17(20)21)13-15(16)19/h10-11,13H,2-9,12,19H2,1H3,(H,20,21). The molecule has 0 bridgehead atoms. The molecule has 0 saturated carbocycles. The van der Waals surface area contributed by atoms with Gasteiger partial charge >= 0.3 is 12.1 Å². The SMILES string of the molecule is CCCCCCCCCCOC(=O)Oc1ccc(C(=O)O)cc1N. The van der Waals surface area contributed by atoms with Crippen molar-refractivity contribution in [2.45, 2.75) is 58.3 Å². The number of unbranched alkanes of at least 4 members (excludes halogenated alkanes) is 7. The van der Waals surface area contributed by atoms with Gasteiger partial charge in [0, 0.05) is 0 Å². The largest absolute Gasteiger partial charge is 0.513 e. The van der Waals surface area contributed by atoms with Crippen LogP contribution in [-0.2, 0) is 4.74 Å². The number of hydrogen-bond donors (Lipinski definition) is 2. The van der Waals surface area contributed by atoms with E-state index in [0.717, 1.165) is 19.3 Å². The van der Waals surface area contributed by atoms with E-state index in [1.54, 1.807) is 0 Å². The maximum Gasteiger partial charge on any atom is 0.513 e. The van der Waals surface area contributed by atoms with Gasteiger partial charge in [-0.1, -0.05) is 51.9 Å². The molecule has 134 valence electrons. The minimum Gasteiger partial charge on any atom is -0.478 e. The molecule has 0 spiro atoms. The topological polar surface area (TPSA) is 98.8 Å². The van der Waals surface area contributed by atoms with Crippen LogP contribution in [0.3, 0.4) is 0 Å². The molecule has 0 aromatic heterocycles. The van der Waals surface area contributed by atoms with E-state index in [0.29, 0.717) is 6.61 Å². The molecule has 0 aliphatic heterocycles. The third kappa shape index (κ3) is 7.85. The number of rotatable bonds is 11. The van der Waals surface area contributed by atoms with E-state index in [4.69, 9.17) is 20.3 Å². The van der Waals surface area contributed by atoms with Crippen molar-refractivity contribution in [2.75, 3.05) is 12.3 Å². The van der Waals surface area contributed by atoms with Crippen molar-refractivity contribution in [3.05, 3.63) is 23.8 Å². The normalized spacial score (nSPS) is 10.4. The molecule has 0 fully saturated rings. The zero-order valence-corrected chi connectivity index (χ0v) is 14.3. The number of carbonyl (C=O) groups excluding carboxylic acids is 1. The van der Waals surface area contributed by atoms with E-state index in [-0.39, 0.29) is 17.0 Å². The molecule has 1 aromatic rings. The first-order chi connectivity index (χ1) is 11.5. The van der Waals surface area contributed by atoms with Crippen molar-refractivity contribution < 1.29 is 24.2 Å². The van der Waals surface area contributed by atoms with Crippen LogP contribution in [0.4, 0.5) is 10.5 Å². The predicted molar refractivity (Wildman–Crippen MR) is 92.4 cm³/mol. The predicted octanol–water partition coefficient (Wildman–Crippen LogP) is 4.62. The van der Waals surface area contributed by atoms with Crippen LogP contribution >= 0.6 is 0 Å². The molecule has 0 radical (unpaired) electrons. The van der Waals surface area contributed by atoms with Gasteiger partial charge in [0.25, 0.3) is 0 Å².